The van der Waals surface area contributed by atoms with Gasteiger partial charge in [-0.15, -0.1) is 0 Å². The smallest absolute Gasteiger partial charge is 0.490 e. The Morgan fingerprint density at radius 2 is 1.96 bits per heavy atom. The summed E-state index contributed by atoms with van der Waals surface area (Å²) >= 11 is 0. The molecule has 6 nitrogen and oxygen atoms in total. The van der Waals surface area contributed by atoms with Crippen molar-refractivity contribution in [3.63, 3.8) is 0 Å². The molecule has 0 aliphatic carbocycles. The number of methoxy groups -OCH3 is 1. The number of alkyl halides is 3. The fraction of sp³-hybridized carbons (Fsp3) is 0.176. The molecule has 0 fully saturated rings. The standard InChI is InChI=1S/C15H16N2O2.C2HF3O2/c1-3-8-19-15-13-9-11(10-17-16)4-5-12(13)6-7-14(15)18-2;3-2(4,5)1(6)7/h3-7,9-10H,1,8,16H2,2H3;(H,6,7)/b17-10-;. The molecule has 26 heavy (non-hydrogen) atoms. The number of carboxylic acids is 1. The lowest BCUT2D eigenvalue weighted by atomic mass is 10.1. The number of carboxylic acid groups (broad SMARTS) is 1. The second kappa shape index (κ2) is 9.30. The Morgan fingerprint density at radius 1 is 1.35 bits per heavy atom. The van der Waals surface area contributed by atoms with Crippen molar-refractivity contribution in [2.24, 2.45) is 10.9 Å². The van der Waals surface area contributed by atoms with Gasteiger partial charge in [-0.25, -0.2) is 4.79 Å². The Bertz CT molecular complexity index is 804. The fourth-order valence-corrected chi connectivity index (χ4v) is 1.91. The van der Waals surface area contributed by atoms with Gasteiger partial charge in [-0.05, 0) is 23.1 Å². The van der Waals surface area contributed by atoms with Crippen LogP contribution in [0.2, 0.25) is 0 Å². The maximum atomic E-state index is 10.6. The van der Waals surface area contributed by atoms with Gasteiger partial charge in [0.1, 0.15) is 6.61 Å². The molecule has 9 heteroatoms. The van der Waals surface area contributed by atoms with Crippen molar-refractivity contribution in [3.8, 4) is 11.5 Å². The number of hydrazone groups is 1. The number of benzene rings is 2. The molecular weight excluding hydrogens is 353 g/mol. The van der Waals surface area contributed by atoms with Gasteiger partial charge < -0.3 is 20.4 Å². The van der Waals surface area contributed by atoms with E-state index < -0.39 is 12.1 Å². The van der Waals surface area contributed by atoms with Crippen molar-refractivity contribution >= 4 is 23.0 Å². The fourth-order valence-electron chi connectivity index (χ4n) is 1.91. The average molecular weight is 370 g/mol. The highest BCUT2D eigenvalue weighted by Crippen LogP contribution is 2.36. The highest BCUT2D eigenvalue weighted by molar-refractivity contribution is 5.95. The minimum atomic E-state index is -5.08. The molecule has 0 aromatic heterocycles. The molecule has 0 amide bonds. The van der Waals surface area contributed by atoms with E-state index in [4.69, 9.17) is 25.2 Å². The average Bonchev–Trinajstić information content (AvgIpc) is 2.59. The van der Waals surface area contributed by atoms with Gasteiger partial charge >= 0.3 is 12.1 Å². The van der Waals surface area contributed by atoms with Crippen LogP contribution < -0.4 is 15.3 Å². The van der Waals surface area contributed by atoms with Gasteiger partial charge in [0.2, 0.25) is 0 Å². The quantitative estimate of drug-likeness (QED) is 0.364. The summed E-state index contributed by atoms with van der Waals surface area (Å²) in [5, 5.41) is 12.7. The minimum Gasteiger partial charge on any atom is -0.493 e. The summed E-state index contributed by atoms with van der Waals surface area (Å²) < 4.78 is 42.8. The summed E-state index contributed by atoms with van der Waals surface area (Å²) in [5.41, 5.74) is 0.909. The predicted octanol–water partition coefficient (Wildman–Crippen LogP) is 3.34. The van der Waals surface area contributed by atoms with E-state index in [1.165, 1.54) is 0 Å². The molecule has 0 spiro atoms. The van der Waals surface area contributed by atoms with Crippen molar-refractivity contribution in [2.75, 3.05) is 13.7 Å². The van der Waals surface area contributed by atoms with Crippen LogP contribution in [-0.4, -0.2) is 37.2 Å². The zero-order valence-electron chi connectivity index (χ0n) is 13.8. The third kappa shape index (κ3) is 5.69. The second-order valence-electron chi connectivity index (χ2n) is 4.76. The summed E-state index contributed by atoms with van der Waals surface area (Å²) in [4.78, 5) is 8.90. The van der Waals surface area contributed by atoms with Crippen LogP contribution in [-0.2, 0) is 4.79 Å². The molecule has 3 N–H and O–H groups in total. The Balaban J connectivity index is 0.000000412. The van der Waals surface area contributed by atoms with Crippen molar-refractivity contribution < 1.29 is 32.5 Å². The van der Waals surface area contributed by atoms with E-state index in [2.05, 4.69) is 11.7 Å². The van der Waals surface area contributed by atoms with E-state index in [-0.39, 0.29) is 0 Å². The lowest BCUT2D eigenvalue weighted by molar-refractivity contribution is -0.192. The van der Waals surface area contributed by atoms with Crippen LogP contribution in [0.25, 0.3) is 10.8 Å². The molecule has 0 radical (unpaired) electrons. The number of hydrogen-bond acceptors (Lipinski definition) is 5. The van der Waals surface area contributed by atoms with Gasteiger partial charge in [0, 0.05) is 5.39 Å². The molecule has 0 bridgehead atoms. The molecular formula is C17H17F3N2O4. The van der Waals surface area contributed by atoms with E-state index in [1.807, 2.05) is 30.3 Å². The van der Waals surface area contributed by atoms with Crippen LogP contribution in [0.1, 0.15) is 5.56 Å². The monoisotopic (exact) mass is 370 g/mol. The van der Waals surface area contributed by atoms with Crippen LogP contribution >= 0.6 is 0 Å². The normalized spacial score (nSPS) is 10.9. The number of hydrogen-bond donors (Lipinski definition) is 2. The number of ether oxygens (including phenoxy) is 2. The second-order valence-corrected chi connectivity index (χ2v) is 4.76. The molecule has 0 aliphatic heterocycles. The maximum absolute atomic E-state index is 10.6. The van der Waals surface area contributed by atoms with E-state index in [9.17, 15) is 13.2 Å². The first-order chi connectivity index (χ1) is 12.2. The molecule has 0 aliphatic rings. The Kier molecular flexibility index (Phi) is 7.45. The minimum absolute atomic E-state index is 0.421. The highest BCUT2D eigenvalue weighted by Gasteiger charge is 2.38. The van der Waals surface area contributed by atoms with Gasteiger partial charge in [0.05, 0.1) is 13.3 Å². The van der Waals surface area contributed by atoms with Crippen molar-refractivity contribution in [1.82, 2.24) is 0 Å². The number of rotatable bonds is 5. The topological polar surface area (TPSA) is 94.1 Å². The first-order valence-corrected chi connectivity index (χ1v) is 7.12. The summed E-state index contributed by atoms with van der Waals surface area (Å²) in [5.74, 6) is 3.81. The first-order valence-electron chi connectivity index (χ1n) is 7.12. The maximum Gasteiger partial charge on any atom is 0.490 e. The summed E-state index contributed by atoms with van der Waals surface area (Å²) in [6.45, 7) is 4.08. The third-order valence-electron chi connectivity index (χ3n) is 2.99. The molecule has 0 saturated carbocycles. The Hall–Kier alpha value is -3.23. The number of nitrogens with two attached hydrogens (primary N) is 1. The lowest BCUT2D eigenvalue weighted by Gasteiger charge is -2.12. The summed E-state index contributed by atoms with van der Waals surface area (Å²) in [7, 11) is 1.62. The molecule has 2 aromatic rings. The van der Waals surface area contributed by atoms with Gasteiger partial charge in [0.15, 0.2) is 11.5 Å². The SMILES string of the molecule is C=CCOc1c(OC)ccc2ccc(/C=N\N)cc12.O=C(O)C(F)(F)F. The number of halogens is 3. The Morgan fingerprint density at radius 3 is 2.46 bits per heavy atom. The highest BCUT2D eigenvalue weighted by atomic mass is 19.4. The van der Waals surface area contributed by atoms with Crippen LogP contribution in [0.5, 0.6) is 11.5 Å². The number of carbonyl (C=O) groups is 1. The molecule has 0 atom stereocenters. The number of fused-ring (bicyclic) bond motifs is 1. The van der Waals surface area contributed by atoms with Gasteiger partial charge in [-0.1, -0.05) is 30.9 Å². The third-order valence-corrected chi connectivity index (χ3v) is 2.99. The molecule has 2 rings (SSSR count). The van der Waals surface area contributed by atoms with E-state index in [1.54, 1.807) is 19.4 Å². The van der Waals surface area contributed by atoms with Crippen molar-refractivity contribution in [1.29, 1.82) is 0 Å². The first kappa shape index (κ1) is 20.8. The predicted molar refractivity (Wildman–Crippen MR) is 91.7 cm³/mol. The van der Waals surface area contributed by atoms with Gasteiger partial charge in [0.25, 0.3) is 0 Å². The summed E-state index contributed by atoms with van der Waals surface area (Å²) in [6.07, 6.45) is -1.79. The van der Waals surface area contributed by atoms with Crippen LogP contribution in [0, 0.1) is 0 Å². The van der Waals surface area contributed by atoms with Gasteiger partial charge in [-0.3, -0.25) is 0 Å². The summed E-state index contributed by atoms with van der Waals surface area (Å²) in [6, 6.07) is 9.78. The van der Waals surface area contributed by atoms with E-state index >= 15 is 0 Å². The molecule has 0 heterocycles. The van der Waals surface area contributed by atoms with E-state index in [0.717, 1.165) is 16.3 Å². The number of nitrogens with zero attached hydrogens (tertiary/aromatic N) is 1. The lowest BCUT2D eigenvalue weighted by Crippen LogP contribution is -2.21. The van der Waals surface area contributed by atoms with Crippen LogP contribution in [0.3, 0.4) is 0 Å². The van der Waals surface area contributed by atoms with Gasteiger partial charge in [-0.2, -0.15) is 18.3 Å². The Labute approximate surface area is 147 Å². The van der Waals surface area contributed by atoms with Crippen LogP contribution in [0.4, 0.5) is 13.2 Å². The molecule has 140 valence electrons. The van der Waals surface area contributed by atoms with E-state index in [0.29, 0.717) is 18.1 Å². The van der Waals surface area contributed by atoms with Crippen molar-refractivity contribution in [3.05, 3.63) is 48.6 Å². The van der Waals surface area contributed by atoms with Crippen LogP contribution in [0.15, 0.2) is 48.1 Å². The zero-order valence-corrected chi connectivity index (χ0v) is 13.8. The molecule has 0 saturated heterocycles. The zero-order chi connectivity index (χ0) is 19.7. The largest absolute Gasteiger partial charge is 0.493 e. The number of aliphatic carboxylic acids is 1. The van der Waals surface area contributed by atoms with Crippen molar-refractivity contribution in [2.45, 2.75) is 6.18 Å². The molecule has 2 aromatic carbocycles. The molecule has 0 unspecified atom stereocenters.